The maximum atomic E-state index is 11.9. The Kier molecular flexibility index (Phi) is 3.64. The Balaban J connectivity index is 1.99. The van der Waals surface area contributed by atoms with E-state index in [-0.39, 0.29) is 6.03 Å². The van der Waals surface area contributed by atoms with Gasteiger partial charge in [0.2, 0.25) is 0 Å². The summed E-state index contributed by atoms with van der Waals surface area (Å²) in [4.78, 5) is 13.7. The minimum atomic E-state index is -0.0449. The molecule has 0 radical (unpaired) electrons. The minimum absolute atomic E-state index is 0.0449. The van der Waals surface area contributed by atoms with Crippen molar-refractivity contribution in [2.24, 2.45) is 0 Å². The van der Waals surface area contributed by atoms with E-state index < -0.39 is 0 Å². The van der Waals surface area contributed by atoms with Crippen molar-refractivity contribution in [3.05, 3.63) is 29.3 Å². The Morgan fingerprint density at radius 3 is 2.59 bits per heavy atom. The molecule has 1 aliphatic rings. The van der Waals surface area contributed by atoms with Crippen LogP contribution < -0.4 is 5.32 Å². The zero-order valence-electron chi connectivity index (χ0n) is 10.3. The highest BCUT2D eigenvalue weighted by Crippen LogP contribution is 2.14. The number of carbonyl (C=O) groups excluding carboxylic acids is 1. The summed E-state index contributed by atoms with van der Waals surface area (Å²) < 4.78 is 5.21. The first-order chi connectivity index (χ1) is 8.16. The van der Waals surface area contributed by atoms with Crippen LogP contribution in [0.3, 0.4) is 0 Å². The lowest BCUT2D eigenvalue weighted by molar-refractivity contribution is 0.0564. The van der Waals surface area contributed by atoms with Crippen molar-refractivity contribution in [1.29, 1.82) is 0 Å². The van der Waals surface area contributed by atoms with Crippen molar-refractivity contribution in [2.75, 3.05) is 31.6 Å². The molecule has 0 aromatic heterocycles. The normalized spacial score (nSPS) is 15.8. The third-order valence-electron chi connectivity index (χ3n) is 3.06. The third-order valence-corrected chi connectivity index (χ3v) is 3.06. The van der Waals surface area contributed by atoms with Gasteiger partial charge in [-0.25, -0.2) is 4.79 Å². The van der Waals surface area contributed by atoms with E-state index >= 15 is 0 Å². The summed E-state index contributed by atoms with van der Waals surface area (Å²) in [6.45, 7) is 6.68. The second-order valence-electron chi connectivity index (χ2n) is 4.33. The van der Waals surface area contributed by atoms with E-state index in [4.69, 9.17) is 4.74 Å². The molecule has 4 heteroatoms. The van der Waals surface area contributed by atoms with E-state index in [1.807, 2.05) is 25.1 Å². The number of aryl methyl sites for hydroxylation is 2. The van der Waals surface area contributed by atoms with Crippen molar-refractivity contribution < 1.29 is 9.53 Å². The van der Waals surface area contributed by atoms with E-state index in [9.17, 15) is 4.79 Å². The molecule has 0 atom stereocenters. The van der Waals surface area contributed by atoms with Gasteiger partial charge in [0.05, 0.1) is 13.2 Å². The SMILES string of the molecule is Cc1ccc(NC(=O)N2CCOCC2)cc1C. The molecule has 0 spiro atoms. The van der Waals surface area contributed by atoms with E-state index in [2.05, 4.69) is 12.2 Å². The molecule has 1 aliphatic heterocycles. The monoisotopic (exact) mass is 234 g/mol. The third kappa shape index (κ3) is 2.97. The van der Waals surface area contributed by atoms with Crippen LogP contribution in [0.15, 0.2) is 18.2 Å². The molecule has 1 saturated heterocycles. The van der Waals surface area contributed by atoms with Crippen LogP contribution in [0.2, 0.25) is 0 Å². The molecule has 0 unspecified atom stereocenters. The first-order valence-electron chi connectivity index (χ1n) is 5.88. The van der Waals surface area contributed by atoms with Crippen LogP contribution >= 0.6 is 0 Å². The lowest BCUT2D eigenvalue weighted by atomic mass is 10.1. The number of morpholine rings is 1. The van der Waals surface area contributed by atoms with Crippen molar-refractivity contribution in [2.45, 2.75) is 13.8 Å². The van der Waals surface area contributed by atoms with Crippen molar-refractivity contribution in [3.63, 3.8) is 0 Å². The van der Waals surface area contributed by atoms with Crippen molar-refractivity contribution in [1.82, 2.24) is 4.90 Å². The van der Waals surface area contributed by atoms with Crippen LogP contribution in [0, 0.1) is 13.8 Å². The van der Waals surface area contributed by atoms with Gasteiger partial charge in [-0.05, 0) is 37.1 Å². The summed E-state index contributed by atoms with van der Waals surface area (Å²) in [5.41, 5.74) is 3.27. The number of amides is 2. The molecular weight excluding hydrogens is 216 g/mol. The molecule has 0 bridgehead atoms. The number of ether oxygens (including phenoxy) is 1. The van der Waals surface area contributed by atoms with Crippen LogP contribution in [0.1, 0.15) is 11.1 Å². The van der Waals surface area contributed by atoms with Gasteiger partial charge in [-0.2, -0.15) is 0 Å². The highest BCUT2D eigenvalue weighted by atomic mass is 16.5. The fourth-order valence-electron chi connectivity index (χ4n) is 1.79. The summed E-state index contributed by atoms with van der Waals surface area (Å²) in [7, 11) is 0. The molecule has 0 saturated carbocycles. The number of urea groups is 1. The first kappa shape index (κ1) is 11.9. The molecule has 1 aromatic rings. The van der Waals surface area contributed by atoms with Gasteiger partial charge < -0.3 is 15.0 Å². The lowest BCUT2D eigenvalue weighted by Crippen LogP contribution is -2.43. The van der Waals surface area contributed by atoms with Crippen LogP contribution in [0.4, 0.5) is 10.5 Å². The number of anilines is 1. The molecule has 1 heterocycles. The number of benzene rings is 1. The number of carbonyl (C=O) groups is 1. The van der Waals surface area contributed by atoms with E-state index in [1.165, 1.54) is 11.1 Å². The van der Waals surface area contributed by atoms with Crippen LogP contribution in [-0.4, -0.2) is 37.2 Å². The number of rotatable bonds is 1. The topological polar surface area (TPSA) is 41.6 Å². The Morgan fingerprint density at radius 2 is 1.94 bits per heavy atom. The molecule has 2 amide bonds. The molecule has 1 fully saturated rings. The average Bonchev–Trinajstić information content (AvgIpc) is 2.35. The Hall–Kier alpha value is -1.55. The smallest absolute Gasteiger partial charge is 0.321 e. The maximum absolute atomic E-state index is 11.9. The van der Waals surface area contributed by atoms with Crippen LogP contribution in [0.25, 0.3) is 0 Å². The first-order valence-corrected chi connectivity index (χ1v) is 5.88. The fraction of sp³-hybridized carbons (Fsp3) is 0.462. The summed E-state index contributed by atoms with van der Waals surface area (Å²) in [6, 6.07) is 5.90. The van der Waals surface area contributed by atoms with Gasteiger partial charge in [0, 0.05) is 18.8 Å². The van der Waals surface area contributed by atoms with Crippen molar-refractivity contribution in [3.8, 4) is 0 Å². The highest BCUT2D eigenvalue weighted by molar-refractivity contribution is 5.89. The zero-order chi connectivity index (χ0) is 12.3. The molecule has 4 nitrogen and oxygen atoms in total. The predicted octanol–water partition coefficient (Wildman–Crippen LogP) is 2.17. The highest BCUT2D eigenvalue weighted by Gasteiger charge is 2.16. The predicted molar refractivity (Wildman–Crippen MR) is 67.3 cm³/mol. The molecule has 92 valence electrons. The minimum Gasteiger partial charge on any atom is -0.378 e. The summed E-state index contributed by atoms with van der Waals surface area (Å²) >= 11 is 0. The number of hydrogen-bond acceptors (Lipinski definition) is 2. The number of nitrogens with one attached hydrogen (secondary N) is 1. The standard InChI is InChI=1S/C13H18N2O2/c1-10-3-4-12(9-11(10)2)14-13(16)15-5-7-17-8-6-15/h3-4,9H,5-8H2,1-2H3,(H,14,16). The van der Waals surface area contributed by atoms with Crippen LogP contribution in [-0.2, 0) is 4.74 Å². The Labute approximate surface area is 102 Å². The molecule has 2 rings (SSSR count). The molecule has 0 aliphatic carbocycles. The van der Waals surface area contributed by atoms with Gasteiger partial charge in [0.1, 0.15) is 0 Å². The van der Waals surface area contributed by atoms with Gasteiger partial charge in [0.15, 0.2) is 0 Å². The maximum Gasteiger partial charge on any atom is 0.321 e. The fourth-order valence-corrected chi connectivity index (χ4v) is 1.79. The Morgan fingerprint density at radius 1 is 1.24 bits per heavy atom. The van der Waals surface area contributed by atoms with E-state index in [1.54, 1.807) is 4.90 Å². The molecule has 1 aromatic carbocycles. The van der Waals surface area contributed by atoms with E-state index in [0.29, 0.717) is 26.3 Å². The zero-order valence-corrected chi connectivity index (χ0v) is 10.3. The molecular formula is C13H18N2O2. The second kappa shape index (κ2) is 5.19. The largest absolute Gasteiger partial charge is 0.378 e. The van der Waals surface area contributed by atoms with Gasteiger partial charge in [0.25, 0.3) is 0 Å². The Bertz CT molecular complexity index is 412. The van der Waals surface area contributed by atoms with Crippen molar-refractivity contribution >= 4 is 11.7 Å². The van der Waals surface area contributed by atoms with E-state index in [0.717, 1.165) is 5.69 Å². The quantitative estimate of drug-likeness (QED) is 0.809. The summed E-state index contributed by atoms with van der Waals surface area (Å²) in [5.74, 6) is 0. The van der Waals surface area contributed by atoms with Gasteiger partial charge in [-0.15, -0.1) is 0 Å². The second-order valence-corrected chi connectivity index (χ2v) is 4.33. The van der Waals surface area contributed by atoms with Crippen LogP contribution in [0.5, 0.6) is 0 Å². The van der Waals surface area contributed by atoms with Gasteiger partial charge in [-0.3, -0.25) is 0 Å². The van der Waals surface area contributed by atoms with Gasteiger partial charge >= 0.3 is 6.03 Å². The van der Waals surface area contributed by atoms with Gasteiger partial charge in [-0.1, -0.05) is 6.07 Å². The molecule has 17 heavy (non-hydrogen) atoms. The average molecular weight is 234 g/mol. The number of nitrogens with zero attached hydrogens (tertiary/aromatic N) is 1. The summed E-state index contributed by atoms with van der Waals surface area (Å²) in [6.07, 6.45) is 0. The lowest BCUT2D eigenvalue weighted by Gasteiger charge is -2.27. The molecule has 1 N–H and O–H groups in total. The number of hydrogen-bond donors (Lipinski definition) is 1. The summed E-state index contributed by atoms with van der Waals surface area (Å²) in [5, 5.41) is 2.91.